The molecule has 21 heavy (non-hydrogen) atoms. The fourth-order valence-corrected chi connectivity index (χ4v) is 3.57. The Morgan fingerprint density at radius 3 is 2.33 bits per heavy atom. The molecular formula is C18H30N2O. The lowest BCUT2D eigenvalue weighted by molar-refractivity contribution is 0.00164. The number of aryl methyl sites for hydroxylation is 1. The maximum absolute atomic E-state index is 10.7. The van der Waals surface area contributed by atoms with Crippen LogP contribution in [0.15, 0.2) is 24.3 Å². The quantitative estimate of drug-likeness (QED) is 0.846. The SMILES string of the molecule is CCC(N)C(c1ccc(C)cc1)N(C)CC1(O)CCCC1. The Labute approximate surface area is 129 Å². The minimum atomic E-state index is -0.523. The van der Waals surface area contributed by atoms with E-state index >= 15 is 0 Å². The van der Waals surface area contributed by atoms with E-state index in [1.165, 1.54) is 11.1 Å². The smallest absolute Gasteiger partial charge is 0.0774 e. The molecule has 0 aromatic heterocycles. The van der Waals surface area contributed by atoms with Crippen molar-refractivity contribution in [3.05, 3.63) is 35.4 Å². The van der Waals surface area contributed by atoms with Crippen LogP contribution in [0.5, 0.6) is 0 Å². The first-order valence-corrected chi connectivity index (χ1v) is 8.20. The molecule has 0 spiro atoms. The van der Waals surface area contributed by atoms with Crippen LogP contribution in [0.2, 0.25) is 0 Å². The van der Waals surface area contributed by atoms with E-state index in [1.807, 2.05) is 0 Å². The summed E-state index contributed by atoms with van der Waals surface area (Å²) >= 11 is 0. The molecule has 2 unspecified atom stereocenters. The summed E-state index contributed by atoms with van der Waals surface area (Å²) in [6.07, 6.45) is 5.04. The van der Waals surface area contributed by atoms with E-state index in [4.69, 9.17) is 5.73 Å². The van der Waals surface area contributed by atoms with Crippen molar-refractivity contribution in [3.63, 3.8) is 0 Å². The number of aliphatic hydroxyl groups is 1. The maximum atomic E-state index is 10.7. The summed E-state index contributed by atoms with van der Waals surface area (Å²) in [7, 11) is 2.09. The molecule has 3 heteroatoms. The molecule has 118 valence electrons. The van der Waals surface area contributed by atoms with Crippen LogP contribution in [0.4, 0.5) is 0 Å². The topological polar surface area (TPSA) is 49.5 Å². The normalized spacial score (nSPS) is 20.7. The summed E-state index contributed by atoms with van der Waals surface area (Å²) in [5.41, 5.74) is 8.37. The Hall–Kier alpha value is -0.900. The zero-order valence-corrected chi connectivity index (χ0v) is 13.7. The summed E-state index contributed by atoms with van der Waals surface area (Å²) < 4.78 is 0. The standard InChI is InChI=1S/C18H30N2O/c1-4-16(19)17(15-9-7-14(2)8-10-15)20(3)13-18(21)11-5-6-12-18/h7-10,16-17,21H,4-6,11-13,19H2,1-3H3. The average molecular weight is 290 g/mol. The second-order valence-corrected chi connectivity index (χ2v) is 6.77. The van der Waals surface area contributed by atoms with Gasteiger partial charge < -0.3 is 10.8 Å². The molecule has 0 amide bonds. The molecule has 1 saturated carbocycles. The van der Waals surface area contributed by atoms with Gasteiger partial charge in [0.2, 0.25) is 0 Å². The summed E-state index contributed by atoms with van der Waals surface area (Å²) in [5.74, 6) is 0. The van der Waals surface area contributed by atoms with Gasteiger partial charge in [0.25, 0.3) is 0 Å². The fraction of sp³-hybridized carbons (Fsp3) is 0.667. The van der Waals surface area contributed by atoms with Gasteiger partial charge in [-0.2, -0.15) is 0 Å². The molecule has 1 aliphatic carbocycles. The zero-order chi connectivity index (χ0) is 15.5. The zero-order valence-electron chi connectivity index (χ0n) is 13.7. The Morgan fingerprint density at radius 1 is 1.24 bits per heavy atom. The third-order valence-corrected chi connectivity index (χ3v) is 4.85. The van der Waals surface area contributed by atoms with Gasteiger partial charge in [-0.1, -0.05) is 49.6 Å². The minimum Gasteiger partial charge on any atom is -0.389 e. The highest BCUT2D eigenvalue weighted by Gasteiger charge is 2.35. The highest BCUT2D eigenvalue weighted by molar-refractivity contribution is 5.25. The van der Waals surface area contributed by atoms with E-state index in [9.17, 15) is 5.11 Å². The molecule has 2 rings (SSSR count). The number of likely N-dealkylation sites (N-methyl/N-ethyl adjacent to an activating group) is 1. The highest BCUT2D eigenvalue weighted by atomic mass is 16.3. The molecule has 0 heterocycles. The van der Waals surface area contributed by atoms with E-state index in [0.29, 0.717) is 6.54 Å². The number of rotatable bonds is 6. The van der Waals surface area contributed by atoms with Crippen LogP contribution in [0, 0.1) is 6.92 Å². The molecular weight excluding hydrogens is 260 g/mol. The molecule has 3 N–H and O–H groups in total. The van der Waals surface area contributed by atoms with Gasteiger partial charge in [0.15, 0.2) is 0 Å². The molecule has 1 aromatic rings. The molecule has 0 radical (unpaired) electrons. The van der Waals surface area contributed by atoms with Crippen LogP contribution in [-0.4, -0.2) is 35.2 Å². The first kappa shape index (κ1) is 16.5. The Kier molecular flexibility index (Phi) is 5.42. The van der Waals surface area contributed by atoms with Crippen molar-refractivity contribution in [2.75, 3.05) is 13.6 Å². The van der Waals surface area contributed by atoms with Gasteiger partial charge in [-0.15, -0.1) is 0 Å². The van der Waals surface area contributed by atoms with E-state index in [2.05, 4.69) is 50.1 Å². The van der Waals surface area contributed by atoms with Crippen molar-refractivity contribution < 1.29 is 5.11 Å². The largest absolute Gasteiger partial charge is 0.389 e. The lowest BCUT2D eigenvalue weighted by Gasteiger charge is -2.37. The Balaban J connectivity index is 2.17. The van der Waals surface area contributed by atoms with Crippen LogP contribution in [0.1, 0.15) is 56.2 Å². The van der Waals surface area contributed by atoms with Gasteiger partial charge >= 0.3 is 0 Å². The van der Waals surface area contributed by atoms with Crippen LogP contribution in [-0.2, 0) is 0 Å². The van der Waals surface area contributed by atoms with Gasteiger partial charge in [0.1, 0.15) is 0 Å². The van der Waals surface area contributed by atoms with Gasteiger partial charge in [-0.05, 0) is 38.8 Å². The van der Waals surface area contributed by atoms with Gasteiger partial charge in [0, 0.05) is 18.6 Å². The third kappa shape index (κ3) is 4.06. The van der Waals surface area contributed by atoms with Gasteiger partial charge in [-0.3, -0.25) is 4.90 Å². The summed E-state index contributed by atoms with van der Waals surface area (Å²) in [6.45, 7) is 4.94. The van der Waals surface area contributed by atoms with Crippen molar-refractivity contribution >= 4 is 0 Å². The van der Waals surface area contributed by atoms with Crippen molar-refractivity contribution in [3.8, 4) is 0 Å². The maximum Gasteiger partial charge on any atom is 0.0774 e. The number of nitrogens with two attached hydrogens (primary N) is 1. The van der Waals surface area contributed by atoms with Gasteiger partial charge in [-0.25, -0.2) is 0 Å². The molecule has 1 aliphatic rings. The molecule has 2 atom stereocenters. The van der Waals surface area contributed by atoms with E-state index in [0.717, 1.165) is 32.1 Å². The molecule has 1 aromatic carbocycles. The van der Waals surface area contributed by atoms with E-state index in [1.54, 1.807) is 0 Å². The number of nitrogens with zero attached hydrogens (tertiary/aromatic N) is 1. The number of benzene rings is 1. The molecule has 0 bridgehead atoms. The molecule has 0 aliphatic heterocycles. The Bertz CT molecular complexity index is 437. The van der Waals surface area contributed by atoms with Crippen LogP contribution < -0.4 is 5.73 Å². The second kappa shape index (κ2) is 6.91. The average Bonchev–Trinajstić information content (AvgIpc) is 2.87. The number of hydrogen-bond donors (Lipinski definition) is 2. The Morgan fingerprint density at radius 2 is 1.81 bits per heavy atom. The lowest BCUT2D eigenvalue weighted by atomic mass is 9.93. The monoisotopic (exact) mass is 290 g/mol. The summed E-state index contributed by atoms with van der Waals surface area (Å²) in [5, 5.41) is 10.7. The predicted molar refractivity (Wildman–Crippen MR) is 88.2 cm³/mol. The highest BCUT2D eigenvalue weighted by Crippen LogP contribution is 2.33. The fourth-order valence-electron chi connectivity index (χ4n) is 3.57. The van der Waals surface area contributed by atoms with E-state index in [-0.39, 0.29) is 12.1 Å². The van der Waals surface area contributed by atoms with Gasteiger partial charge in [0.05, 0.1) is 5.60 Å². The predicted octanol–water partition coefficient (Wildman–Crippen LogP) is 3.01. The second-order valence-electron chi connectivity index (χ2n) is 6.77. The van der Waals surface area contributed by atoms with Crippen molar-refractivity contribution in [2.45, 2.75) is 63.6 Å². The van der Waals surface area contributed by atoms with Crippen LogP contribution in [0.3, 0.4) is 0 Å². The number of hydrogen-bond acceptors (Lipinski definition) is 3. The summed E-state index contributed by atoms with van der Waals surface area (Å²) in [4.78, 5) is 2.25. The molecule has 3 nitrogen and oxygen atoms in total. The van der Waals surface area contributed by atoms with Crippen molar-refractivity contribution in [1.82, 2.24) is 4.90 Å². The van der Waals surface area contributed by atoms with Crippen molar-refractivity contribution in [2.24, 2.45) is 5.73 Å². The van der Waals surface area contributed by atoms with E-state index < -0.39 is 5.60 Å². The lowest BCUT2D eigenvalue weighted by Crippen LogP contribution is -2.46. The summed E-state index contributed by atoms with van der Waals surface area (Å²) in [6, 6.07) is 8.88. The third-order valence-electron chi connectivity index (χ3n) is 4.85. The van der Waals surface area contributed by atoms with Crippen LogP contribution in [0.25, 0.3) is 0 Å². The first-order chi connectivity index (χ1) is 9.95. The van der Waals surface area contributed by atoms with Crippen LogP contribution >= 0.6 is 0 Å². The molecule has 0 saturated heterocycles. The molecule has 1 fully saturated rings. The minimum absolute atomic E-state index is 0.0858. The first-order valence-electron chi connectivity index (χ1n) is 8.20. The van der Waals surface area contributed by atoms with Crippen molar-refractivity contribution in [1.29, 1.82) is 0 Å².